The van der Waals surface area contributed by atoms with Crippen molar-refractivity contribution in [1.82, 2.24) is 24.5 Å². The van der Waals surface area contributed by atoms with Gasteiger partial charge in [0.25, 0.3) is 0 Å². The number of hydrogen-bond acceptors (Lipinski definition) is 6. The zero-order chi connectivity index (χ0) is 21.6. The largest absolute Gasteiger partial charge is 0.382 e. The molecule has 0 aliphatic rings. The molecular weight excluding hydrogens is 449 g/mol. The lowest BCUT2D eigenvalue weighted by molar-refractivity contribution is 0.0204. The van der Waals surface area contributed by atoms with Crippen molar-refractivity contribution in [2.45, 2.75) is 25.0 Å². The number of nitrogens with zero attached hydrogens (tertiary/aromatic N) is 4. The van der Waals surface area contributed by atoms with Crippen LogP contribution in [-0.4, -0.2) is 45.6 Å². The first-order chi connectivity index (χ1) is 14.3. The van der Waals surface area contributed by atoms with E-state index in [0.717, 1.165) is 5.69 Å². The van der Waals surface area contributed by atoms with Crippen molar-refractivity contribution >= 4 is 33.2 Å². The Balaban J connectivity index is 1.71. The molecule has 1 unspecified atom stereocenters. The minimum Gasteiger partial charge on any atom is -0.382 e. The van der Waals surface area contributed by atoms with Gasteiger partial charge in [-0.05, 0) is 37.1 Å². The maximum absolute atomic E-state index is 12.5. The van der Waals surface area contributed by atoms with Gasteiger partial charge in [-0.15, -0.1) is 0 Å². The van der Waals surface area contributed by atoms with E-state index in [2.05, 4.69) is 19.8 Å². The summed E-state index contributed by atoms with van der Waals surface area (Å²) in [7, 11) is -3.65. The van der Waals surface area contributed by atoms with Gasteiger partial charge < -0.3 is 5.11 Å². The monoisotopic (exact) mass is 469 g/mol. The molecule has 160 valence electrons. The molecule has 3 aromatic rings. The second-order valence-electron chi connectivity index (χ2n) is 6.81. The van der Waals surface area contributed by atoms with E-state index in [4.69, 9.17) is 23.2 Å². The van der Waals surface area contributed by atoms with Gasteiger partial charge >= 0.3 is 0 Å². The Morgan fingerprint density at radius 2 is 2.03 bits per heavy atom. The number of halogens is 2. The van der Waals surface area contributed by atoms with Crippen LogP contribution in [0.15, 0.2) is 55.2 Å². The third-order valence-electron chi connectivity index (χ3n) is 4.48. The van der Waals surface area contributed by atoms with E-state index < -0.39 is 15.6 Å². The lowest BCUT2D eigenvalue weighted by atomic mass is 9.94. The Hall–Kier alpha value is -2.04. The molecular formula is C19H21Cl2N5O3S. The van der Waals surface area contributed by atoms with E-state index in [-0.39, 0.29) is 23.9 Å². The average Bonchev–Trinajstić information content (AvgIpc) is 3.20. The molecule has 2 aromatic heterocycles. The van der Waals surface area contributed by atoms with Gasteiger partial charge in [-0.25, -0.2) is 22.8 Å². The molecule has 2 heterocycles. The first-order valence-electron chi connectivity index (χ1n) is 9.15. The molecule has 11 heteroatoms. The predicted octanol–water partition coefficient (Wildman–Crippen LogP) is 2.42. The topological polar surface area (TPSA) is 110 Å². The van der Waals surface area contributed by atoms with E-state index >= 15 is 0 Å². The fourth-order valence-corrected chi connectivity index (χ4v) is 4.69. The molecule has 0 amide bonds. The molecule has 8 nitrogen and oxygen atoms in total. The van der Waals surface area contributed by atoms with Crippen LogP contribution in [0.4, 0.5) is 0 Å². The summed E-state index contributed by atoms with van der Waals surface area (Å²) in [5.74, 6) is -0.0999. The quantitative estimate of drug-likeness (QED) is 0.471. The molecule has 3 rings (SSSR count). The number of rotatable bonds is 10. The van der Waals surface area contributed by atoms with Crippen LogP contribution in [0.5, 0.6) is 0 Å². The molecule has 0 saturated carbocycles. The normalized spacial score (nSPS) is 13.8. The van der Waals surface area contributed by atoms with Gasteiger partial charge in [0, 0.05) is 34.0 Å². The van der Waals surface area contributed by atoms with Crippen molar-refractivity contribution in [2.24, 2.45) is 0 Å². The van der Waals surface area contributed by atoms with E-state index in [1.165, 1.54) is 23.4 Å². The predicted molar refractivity (Wildman–Crippen MR) is 115 cm³/mol. The highest BCUT2D eigenvalue weighted by Gasteiger charge is 2.34. The minimum absolute atomic E-state index is 0.0508. The van der Waals surface area contributed by atoms with Crippen molar-refractivity contribution in [1.29, 1.82) is 0 Å². The smallest absolute Gasteiger partial charge is 0.211 e. The van der Waals surface area contributed by atoms with E-state index in [1.807, 2.05) is 12.1 Å². The second-order valence-corrected chi connectivity index (χ2v) is 9.58. The molecule has 30 heavy (non-hydrogen) atoms. The van der Waals surface area contributed by atoms with Gasteiger partial charge in [0.15, 0.2) is 0 Å². The lowest BCUT2D eigenvalue weighted by Gasteiger charge is -2.29. The lowest BCUT2D eigenvalue weighted by Crippen LogP contribution is -2.44. The molecule has 1 atom stereocenters. The first-order valence-corrected chi connectivity index (χ1v) is 11.6. The maximum Gasteiger partial charge on any atom is 0.211 e. The number of pyridine rings is 1. The molecule has 0 spiro atoms. The Bertz CT molecular complexity index is 1070. The highest BCUT2D eigenvalue weighted by Crippen LogP contribution is 2.31. The van der Waals surface area contributed by atoms with Gasteiger partial charge in [-0.1, -0.05) is 35.3 Å². The van der Waals surface area contributed by atoms with Crippen molar-refractivity contribution in [2.75, 3.05) is 12.3 Å². The van der Waals surface area contributed by atoms with Crippen LogP contribution in [0.2, 0.25) is 10.0 Å². The standard InChI is InChI=1S/C19H21Cl2N5O3S/c20-15-6-7-17(18(21)10-15)19(27,12-26-14-22-13-24-26)11-25-30(28,29)9-3-5-16-4-1-2-8-23-16/h1-2,4,6-8,10,13-14,25,27H,3,5,9,11-12H2. The Kier molecular flexibility index (Phi) is 7.43. The number of nitrogens with one attached hydrogen (secondary N) is 1. The minimum atomic E-state index is -3.65. The van der Waals surface area contributed by atoms with Crippen molar-refractivity contribution in [3.8, 4) is 0 Å². The number of aryl methyl sites for hydroxylation is 1. The average molecular weight is 470 g/mol. The molecule has 0 fully saturated rings. The summed E-state index contributed by atoms with van der Waals surface area (Å²) in [6.07, 6.45) is 5.35. The van der Waals surface area contributed by atoms with E-state index in [0.29, 0.717) is 23.4 Å². The van der Waals surface area contributed by atoms with Crippen LogP contribution >= 0.6 is 23.2 Å². The highest BCUT2D eigenvalue weighted by atomic mass is 35.5. The van der Waals surface area contributed by atoms with E-state index in [9.17, 15) is 13.5 Å². The second kappa shape index (κ2) is 9.84. The fourth-order valence-electron chi connectivity index (χ4n) is 2.98. The Morgan fingerprint density at radius 3 is 2.70 bits per heavy atom. The van der Waals surface area contributed by atoms with Crippen LogP contribution in [-0.2, 0) is 28.6 Å². The van der Waals surface area contributed by atoms with Gasteiger partial charge in [-0.2, -0.15) is 5.10 Å². The van der Waals surface area contributed by atoms with Gasteiger partial charge in [0.2, 0.25) is 10.0 Å². The van der Waals surface area contributed by atoms with Crippen molar-refractivity contribution in [3.63, 3.8) is 0 Å². The van der Waals surface area contributed by atoms with Crippen LogP contribution < -0.4 is 4.72 Å². The fraction of sp³-hybridized carbons (Fsp3) is 0.316. The summed E-state index contributed by atoms with van der Waals surface area (Å²) in [6, 6.07) is 10.1. The maximum atomic E-state index is 12.5. The third-order valence-corrected chi connectivity index (χ3v) is 6.44. The zero-order valence-electron chi connectivity index (χ0n) is 15.9. The van der Waals surface area contributed by atoms with Crippen molar-refractivity contribution in [3.05, 3.63) is 76.6 Å². The molecule has 2 N–H and O–H groups in total. The van der Waals surface area contributed by atoms with Crippen LogP contribution in [0.25, 0.3) is 0 Å². The highest BCUT2D eigenvalue weighted by molar-refractivity contribution is 7.89. The zero-order valence-corrected chi connectivity index (χ0v) is 18.3. The molecule has 0 radical (unpaired) electrons. The number of hydrogen-bond donors (Lipinski definition) is 2. The molecule has 0 saturated heterocycles. The summed E-state index contributed by atoms with van der Waals surface area (Å²) in [6.45, 7) is -0.342. The summed E-state index contributed by atoms with van der Waals surface area (Å²) in [4.78, 5) is 8.04. The summed E-state index contributed by atoms with van der Waals surface area (Å²) in [5, 5.41) is 16.0. The summed E-state index contributed by atoms with van der Waals surface area (Å²) < 4.78 is 28.9. The SMILES string of the molecule is O=S(=O)(CCCc1ccccn1)NCC(O)(Cn1cncn1)c1ccc(Cl)cc1Cl. The molecule has 0 bridgehead atoms. The van der Waals surface area contributed by atoms with Gasteiger partial charge in [-0.3, -0.25) is 4.98 Å². The van der Waals surface area contributed by atoms with Crippen LogP contribution in [0, 0.1) is 0 Å². The number of aliphatic hydroxyl groups is 1. The third kappa shape index (κ3) is 6.23. The number of benzene rings is 1. The molecule has 0 aliphatic carbocycles. The summed E-state index contributed by atoms with van der Waals surface area (Å²) in [5.41, 5.74) is -0.507. The van der Waals surface area contributed by atoms with E-state index in [1.54, 1.807) is 24.4 Å². The first kappa shape index (κ1) is 22.6. The Labute approximate surface area is 184 Å². The van der Waals surface area contributed by atoms with Crippen LogP contribution in [0.3, 0.4) is 0 Å². The number of sulfonamides is 1. The Morgan fingerprint density at radius 1 is 1.20 bits per heavy atom. The number of aromatic nitrogens is 4. The summed E-state index contributed by atoms with van der Waals surface area (Å²) >= 11 is 12.2. The van der Waals surface area contributed by atoms with Gasteiger partial charge in [0.1, 0.15) is 18.3 Å². The molecule has 1 aromatic carbocycles. The molecule has 0 aliphatic heterocycles. The van der Waals surface area contributed by atoms with Gasteiger partial charge in [0.05, 0.1) is 12.3 Å². The van der Waals surface area contributed by atoms with Crippen molar-refractivity contribution < 1.29 is 13.5 Å². The van der Waals surface area contributed by atoms with Crippen LogP contribution in [0.1, 0.15) is 17.7 Å².